The number of carbonyl (C=O) groups excluding carboxylic acids is 2. The predicted molar refractivity (Wildman–Crippen MR) is 132 cm³/mol. The van der Waals surface area contributed by atoms with Gasteiger partial charge in [0.15, 0.2) is 11.5 Å². The number of benzene rings is 2. The highest BCUT2D eigenvalue weighted by atomic mass is 35.5. The van der Waals surface area contributed by atoms with Crippen molar-refractivity contribution in [2.24, 2.45) is 5.92 Å². The average Bonchev–Trinajstić information content (AvgIpc) is 2.81. The second-order valence-corrected chi connectivity index (χ2v) is 8.77. The molecular weight excluding hydrogens is 440 g/mol. The number of hydrogen-bond acceptors (Lipinski definition) is 4. The van der Waals surface area contributed by atoms with Gasteiger partial charge in [0.2, 0.25) is 11.8 Å². The Balaban J connectivity index is 2.23. The maximum atomic E-state index is 13.4. The molecule has 1 N–H and O–H groups in total. The van der Waals surface area contributed by atoms with Gasteiger partial charge in [-0.3, -0.25) is 9.59 Å². The molecular formula is C26H35ClN2O4. The number of nitrogens with one attached hydrogen (secondary N) is 1. The number of amides is 2. The number of rotatable bonds is 12. The zero-order valence-corrected chi connectivity index (χ0v) is 20.9. The van der Waals surface area contributed by atoms with Crippen LogP contribution in [-0.2, 0) is 22.6 Å². The fourth-order valence-electron chi connectivity index (χ4n) is 3.58. The van der Waals surface area contributed by atoms with Crippen LogP contribution in [0.5, 0.6) is 11.5 Å². The minimum absolute atomic E-state index is 0.101. The fourth-order valence-corrected chi connectivity index (χ4v) is 3.78. The Morgan fingerprint density at radius 1 is 1.06 bits per heavy atom. The SMILES string of the molecule is CC[C@@H](C(=O)NCC(C)C)N(Cc1ccccc1Cl)C(=O)CCc1ccc(OC)c(OC)c1. The van der Waals surface area contributed by atoms with Crippen LogP contribution in [0.25, 0.3) is 0 Å². The zero-order chi connectivity index (χ0) is 24.4. The third-order valence-corrected chi connectivity index (χ3v) is 5.81. The molecule has 180 valence electrons. The van der Waals surface area contributed by atoms with Gasteiger partial charge < -0.3 is 19.7 Å². The van der Waals surface area contributed by atoms with Gasteiger partial charge >= 0.3 is 0 Å². The van der Waals surface area contributed by atoms with Crippen molar-refractivity contribution < 1.29 is 19.1 Å². The lowest BCUT2D eigenvalue weighted by Gasteiger charge is -2.31. The minimum atomic E-state index is -0.571. The molecule has 2 amide bonds. The molecule has 0 radical (unpaired) electrons. The topological polar surface area (TPSA) is 67.9 Å². The van der Waals surface area contributed by atoms with Gasteiger partial charge in [-0.2, -0.15) is 0 Å². The molecule has 0 aromatic heterocycles. The fraction of sp³-hybridized carbons (Fsp3) is 0.462. The Labute approximate surface area is 202 Å². The van der Waals surface area contributed by atoms with E-state index in [1.165, 1.54) is 0 Å². The normalized spacial score (nSPS) is 11.7. The van der Waals surface area contributed by atoms with Crippen molar-refractivity contribution in [2.45, 2.75) is 52.6 Å². The van der Waals surface area contributed by atoms with Crippen molar-refractivity contribution in [1.29, 1.82) is 0 Å². The molecule has 0 aliphatic carbocycles. The van der Waals surface area contributed by atoms with Crippen molar-refractivity contribution in [1.82, 2.24) is 10.2 Å². The Bertz CT molecular complexity index is 932. The Hall–Kier alpha value is -2.73. The molecule has 33 heavy (non-hydrogen) atoms. The van der Waals surface area contributed by atoms with Crippen LogP contribution in [0, 0.1) is 5.92 Å². The highest BCUT2D eigenvalue weighted by molar-refractivity contribution is 6.31. The van der Waals surface area contributed by atoms with Crippen LogP contribution >= 0.6 is 11.6 Å². The number of carbonyl (C=O) groups is 2. The van der Waals surface area contributed by atoms with Gasteiger partial charge in [-0.25, -0.2) is 0 Å². The monoisotopic (exact) mass is 474 g/mol. The first-order chi connectivity index (χ1) is 15.8. The van der Waals surface area contributed by atoms with Gasteiger partial charge in [-0.05, 0) is 48.1 Å². The van der Waals surface area contributed by atoms with Gasteiger partial charge in [0.25, 0.3) is 0 Å². The lowest BCUT2D eigenvalue weighted by Crippen LogP contribution is -2.49. The predicted octanol–water partition coefficient (Wildman–Crippen LogP) is 4.87. The first-order valence-electron chi connectivity index (χ1n) is 11.3. The van der Waals surface area contributed by atoms with Gasteiger partial charge in [-0.15, -0.1) is 0 Å². The Morgan fingerprint density at radius 2 is 1.76 bits per heavy atom. The van der Waals surface area contributed by atoms with Crippen molar-refractivity contribution >= 4 is 23.4 Å². The molecule has 0 fully saturated rings. The quantitative estimate of drug-likeness (QED) is 0.476. The number of aryl methyl sites for hydroxylation is 1. The Morgan fingerprint density at radius 3 is 2.36 bits per heavy atom. The smallest absolute Gasteiger partial charge is 0.242 e. The first kappa shape index (κ1) is 26.5. The standard InChI is InChI=1S/C26H35ClN2O4/c1-6-22(26(31)28-16-18(2)3)29(17-20-9-7-8-10-21(20)27)25(30)14-12-19-11-13-23(32-4)24(15-19)33-5/h7-11,13,15,18,22H,6,12,14,16-17H2,1-5H3,(H,28,31)/t22-/m0/s1. The summed E-state index contributed by atoms with van der Waals surface area (Å²) in [6, 6.07) is 12.5. The van der Waals surface area contributed by atoms with Crippen molar-refractivity contribution in [2.75, 3.05) is 20.8 Å². The van der Waals surface area contributed by atoms with E-state index in [1.807, 2.05) is 57.2 Å². The molecule has 1 atom stereocenters. The summed E-state index contributed by atoms with van der Waals surface area (Å²) in [5, 5.41) is 3.55. The summed E-state index contributed by atoms with van der Waals surface area (Å²) in [7, 11) is 3.17. The molecule has 6 nitrogen and oxygen atoms in total. The number of methoxy groups -OCH3 is 2. The zero-order valence-electron chi connectivity index (χ0n) is 20.2. The minimum Gasteiger partial charge on any atom is -0.493 e. The molecule has 0 saturated carbocycles. The van der Waals surface area contributed by atoms with E-state index in [2.05, 4.69) is 5.32 Å². The van der Waals surface area contributed by atoms with Crippen LogP contribution in [0.3, 0.4) is 0 Å². The van der Waals surface area contributed by atoms with E-state index in [0.29, 0.717) is 41.8 Å². The number of nitrogens with zero attached hydrogens (tertiary/aromatic N) is 1. The van der Waals surface area contributed by atoms with Crippen molar-refractivity contribution in [3.8, 4) is 11.5 Å². The summed E-state index contributed by atoms with van der Waals surface area (Å²) in [5.74, 6) is 1.34. The second kappa shape index (κ2) is 13.1. The molecule has 7 heteroatoms. The van der Waals surface area contributed by atoms with Crippen LogP contribution in [-0.4, -0.2) is 43.5 Å². The van der Waals surface area contributed by atoms with E-state index in [1.54, 1.807) is 25.2 Å². The number of ether oxygens (including phenoxy) is 2. The molecule has 0 heterocycles. The second-order valence-electron chi connectivity index (χ2n) is 8.37. The van der Waals surface area contributed by atoms with Crippen LogP contribution in [0.2, 0.25) is 5.02 Å². The van der Waals surface area contributed by atoms with Gasteiger partial charge in [0.05, 0.1) is 14.2 Å². The molecule has 0 aliphatic rings. The summed E-state index contributed by atoms with van der Waals surface area (Å²) in [4.78, 5) is 28.0. The summed E-state index contributed by atoms with van der Waals surface area (Å²) >= 11 is 6.37. The highest BCUT2D eigenvalue weighted by Crippen LogP contribution is 2.28. The van der Waals surface area contributed by atoms with Gasteiger partial charge in [0, 0.05) is 24.5 Å². The van der Waals surface area contributed by atoms with E-state index in [4.69, 9.17) is 21.1 Å². The van der Waals surface area contributed by atoms with E-state index < -0.39 is 6.04 Å². The third kappa shape index (κ3) is 7.67. The van der Waals surface area contributed by atoms with E-state index in [-0.39, 0.29) is 24.8 Å². The summed E-state index contributed by atoms with van der Waals surface area (Å²) in [5.41, 5.74) is 1.77. The summed E-state index contributed by atoms with van der Waals surface area (Å²) in [6.45, 7) is 6.84. The van der Waals surface area contributed by atoms with Crippen LogP contribution < -0.4 is 14.8 Å². The molecule has 0 saturated heterocycles. The molecule has 0 spiro atoms. The van der Waals surface area contributed by atoms with Gasteiger partial charge in [-0.1, -0.05) is 56.6 Å². The molecule has 2 aromatic rings. The summed E-state index contributed by atoms with van der Waals surface area (Å²) < 4.78 is 10.7. The van der Waals surface area contributed by atoms with Crippen LogP contribution in [0.15, 0.2) is 42.5 Å². The molecule has 0 aliphatic heterocycles. The lowest BCUT2D eigenvalue weighted by atomic mass is 10.1. The van der Waals surface area contributed by atoms with E-state index in [9.17, 15) is 9.59 Å². The molecule has 0 unspecified atom stereocenters. The van der Waals surface area contributed by atoms with E-state index >= 15 is 0 Å². The van der Waals surface area contributed by atoms with Crippen LogP contribution in [0.4, 0.5) is 0 Å². The van der Waals surface area contributed by atoms with Crippen molar-refractivity contribution in [3.63, 3.8) is 0 Å². The number of hydrogen-bond donors (Lipinski definition) is 1. The lowest BCUT2D eigenvalue weighted by molar-refractivity contribution is -0.141. The molecule has 0 bridgehead atoms. The molecule has 2 aromatic carbocycles. The average molecular weight is 475 g/mol. The Kier molecular flexibility index (Phi) is 10.5. The third-order valence-electron chi connectivity index (χ3n) is 5.44. The van der Waals surface area contributed by atoms with E-state index in [0.717, 1.165) is 11.1 Å². The maximum Gasteiger partial charge on any atom is 0.242 e. The van der Waals surface area contributed by atoms with Gasteiger partial charge in [0.1, 0.15) is 6.04 Å². The van der Waals surface area contributed by atoms with Crippen LogP contribution in [0.1, 0.15) is 44.7 Å². The maximum absolute atomic E-state index is 13.4. The number of halogens is 1. The largest absolute Gasteiger partial charge is 0.493 e. The molecule has 2 rings (SSSR count). The van der Waals surface area contributed by atoms with Crippen molar-refractivity contribution in [3.05, 3.63) is 58.6 Å². The first-order valence-corrected chi connectivity index (χ1v) is 11.7. The summed E-state index contributed by atoms with van der Waals surface area (Å²) in [6.07, 6.45) is 1.28. The highest BCUT2D eigenvalue weighted by Gasteiger charge is 2.29.